The van der Waals surface area contributed by atoms with Crippen LogP contribution in [0.2, 0.25) is 0 Å². The normalized spacial score (nSPS) is 13.2. The van der Waals surface area contributed by atoms with Crippen molar-refractivity contribution < 1.29 is 137 Å². The van der Waals surface area contributed by atoms with Gasteiger partial charge in [-0.25, -0.2) is 0 Å². The molecule has 0 bridgehead atoms. The monoisotopic (exact) mass is 1710 g/mol. The summed E-state index contributed by atoms with van der Waals surface area (Å²) < 4.78 is 372. The van der Waals surface area contributed by atoms with Crippen LogP contribution in [-0.2, 0) is 0 Å². The van der Waals surface area contributed by atoms with E-state index in [0.717, 1.165) is 84.5 Å². The molecule has 1 unspecified atom stereocenters. The number of hydrogen-bond acceptors (Lipinski definition) is 0. The highest BCUT2D eigenvalue weighted by molar-refractivity contribution is 4.84. The molecule has 0 spiro atoms. The van der Waals surface area contributed by atoms with Crippen molar-refractivity contribution in [2.24, 2.45) is 81.3 Å². The Kier molecular flexibility index (Phi) is 93.1. The van der Waals surface area contributed by atoms with Gasteiger partial charge in [0, 0.05) is 30.1 Å². The van der Waals surface area contributed by atoms with Gasteiger partial charge < -0.3 is 0 Å². The summed E-state index contributed by atoms with van der Waals surface area (Å²) in [4.78, 5) is 0. The Labute approximate surface area is 664 Å². The quantitative estimate of drug-likeness (QED) is 0.113. The molecule has 0 amide bonds. The van der Waals surface area contributed by atoms with Gasteiger partial charge in [-0.15, -0.1) is 0 Å². The van der Waals surface area contributed by atoms with E-state index in [1.165, 1.54) is 65.7 Å². The molecule has 0 fully saturated rings. The van der Waals surface area contributed by atoms with Crippen molar-refractivity contribution in [2.75, 3.05) is 0 Å². The van der Waals surface area contributed by atoms with E-state index in [4.69, 9.17) is 5.48 Å². The van der Waals surface area contributed by atoms with Crippen LogP contribution in [0.3, 0.4) is 0 Å². The number of unbranched alkanes of at least 4 members (excludes halogenated alkanes) is 4. The third-order valence-electron chi connectivity index (χ3n) is 13.2. The van der Waals surface area contributed by atoms with Crippen molar-refractivity contribution in [3.63, 3.8) is 0 Å². The second kappa shape index (κ2) is 76.6. The van der Waals surface area contributed by atoms with Crippen LogP contribution in [0.25, 0.3) is 0 Å². The number of hydrogen-bond donors (Lipinski definition) is 0. The van der Waals surface area contributed by atoms with Gasteiger partial charge in [0.05, 0.1) is 11.3 Å². The molecule has 0 radical (unpaired) electrons. The maximum atomic E-state index is 11.7. The van der Waals surface area contributed by atoms with Crippen LogP contribution in [0.1, 0.15) is 391 Å². The minimum absolute atomic E-state index is 0.104. The number of rotatable bonds is 15. The fourth-order valence-corrected chi connectivity index (χ4v) is 3.15. The Hall–Kier alpha value is -2.10. The molecule has 0 N–H and O–H groups in total. The van der Waals surface area contributed by atoms with Gasteiger partial charge in [0.1, 0.15) is 0 Å². The molecule has 0 aromatic heterocycles. The first kappa shape index (κ1) is 135. The molecule has 0 aliphatic rings. The zero-order valence-corrected chi connectivity index (χ0v) is 75.6. The van der Waals surface area contributed by atoms with Gasteiger partial charge in [-0.1, -0.05) is 333 Å². The van der Waals surface area contributed by atoms with Crippen LogP contribution in [-0.4, -0.2) is 61.8 Å². The third kappa shape index (κ3) is 160. The van der Waals surface area contributed by atoms with E-state index < -0.39 is 122 Å². The minimum Gasteiger partial charge on any atom is -0.171 e. The van der Waals surface area contributed by atoms with Gasteiger partial charge in [0.2, 0.25) is 0 Å². The van der Waals surface area contributed by atoms with E-state index in [0.29, 0.717) is 18.3 Å². The van der Waals surface area contributed by atoms with Gasteiger partial charge in [0.15, 0.2) is 11.3 Å². The van der Waals surface area contributed by atoms with Gasteiger partial charge >= 0.3 is 61.8 Å². The number of halogens is 30. The van der Waals surface area contributed by atoms with Crippen molar-refractivity contribution in [1.29, 1.82) is 0 Å². The molecule has 30 heteroatoms. The molecule has 0 aromatic rings. The zero-order valence-electron chi connectivity index (χ0n) is 79.6. The molecular weight excluding hydrogens is 1540 g/mol. The van der Waals surface area contributed by atoms with Crippen LogP contribution < -0.4 is 0 Å². The first-order valence-electron chi connectivity index (χ1n) is 40.2. The molecular formula is C81H164F30. The highest BCUT2D eigenvalue weighted by atomic mass is 19.5. The zero-order chi connectivity index (χ0) is 98.2. The van der Waals surface area contributed by atoms with E-state index >= 15 is 0 Å². The maximum absolute atomic E-state index is 11.7. The summed E-state index contributed by atoms with van der Waals surface area (Å²) in [6.07, 6.45) is -36.3. The molecule has 1 atom stereocenters. The lowest BCUT2D eigenvalue weighted by atomic mass is 9.92. The molecule has 0 saturated carbocycles. The average molecular weight is 1710 g/mol. The fourth-order valence-electron chi connectivity index (χ4n) is 3.15. The van der Waals surface area contributed by atoms with Crippen LogP contribution in [0.15, 0.2) is 0 Å². The van der Waals surface area contributed by atoms with E-state index in [2.05, 4.69) is 132 Å². The summed E-state index contributed by atoms with van der Waals surface area (Å²) in [5, 5.41) is 0. The van der Waals surface area contributed by atoms with Crippen LogP contribution in [0, 0.1) is 81.3 Å². The van der Waals surface area contributed by atoms with Crippen LogP contribution in [0.4, 0.5) is 132 Å². The van der Waals surface area contributed by atoms with Gasteiger partial charge in [-0.3, -0.25) is 0 Å². The lowest BCUT2D eigenvalue weighted by Gasteiger charge is -2.29. The van der Waals surface area contributed by atoms with Gasteiger partial charge in [0.25, 0.3) is 0 Å². The van der Waals surface area contributed by atoms with E-state index in [1.54, 1.807) is 20.8 Å². The molecule has 0 aliphatic heterocycles. The first-order chi connectivity index (χ1) is 49.5. The molecule has 698 valence electrons. The van der Waals surface area contributed by atoms with E-state index in [9.17, 15) is 132 Å². The molecule has 0 rings (SSSR count). The smallest absolute Gasteiger partial charge is 0.171 e. The molecule has 0 heterocycles. The van der Waals surface area contributed by atoms with Crippen molar-refractivity contribution in [3.05, 3.63) is 0 Å². The van der Waals surface area contributed by atoms with Crippen LogP contribution in [0.5, 0.6) is 0 Å². The van der Waals surface area contributed by atoms with Gasteiger partial charge in [-0.05, 0) is 86.3 Å². The van der Waals surface area contributed by atoms with Crippen LogP contribution >= 0.6 is 0 Å². The predicted molar refractivity (Wildman–Crippen MR) is 411 cm³/mol. The molecule has 0 saturated heterocycles. The second-order valence-corrected chi connectivity index (χ2v) is 32.1. The minimum atomic E-state index is -5.24. The lowest BCUT2D eigenvalue weighted by Crippen LogP contribution is -2.44. The van der Waals surface area contributed by atoms with Crippen molar-refractivity contribution in [3.8, 4) is 0 Å². The van der Waals surface area contributed by atoms with Gasteiger partial charge in [-0.2, -0.15) is 132 Å². The maximum Gasteiger partial charge on any atom is 0.402 e. The first-order valence-corrected chi connectivity index (χ1v) is 38.2. The summed E-state index contributed by atoms with van der Waals surface area (Å²) >= 11 is 0. The topological polar surface area (TPSA) is 0 Å². The Balaban J connectivity index is -0.0000000654. The highest BCUT2D eigenvalue weighted by Gasteiger charge is 2.64. The Morgan fingerprint density at radius 2 is 0.532 bits per heavy atom. The fraction of sp³-hybridized carbons (Fsp3) is 1.00. The predicted octanol–water partition coefficient (Wildman–Crippen LogP) is 38.9. The Bertz CT molecular complexity index is 1850. The SMILES string of the molecule is CC(C)(C(F)(F)F)C(F)(F)F.CC(C)(C)C(F)(F)F.CC(C)C.CC(C)C(C)C.CC(C)C(F)(F)F.CC(C)CCC(F)(F)F.CCC(C)(C)C.CCC(C)C.CCC(C)C(F)(F)F.CCCC(C(F)(F)F)C(F)(F)F.CCCC(C)C.CCCCC.CCCCCC(F)(F)F.[2H]C(C)(C)C.[2H]C(C)(C)C(F)(F)F.[2H]C([2H])(C)CC. The van der Waals surface area contributed by atoms with E-state index in [-0.39, 0.29) is 51.3 Å². The summed E-state index contributed by atoms with van der Waals surface area (Å²) in [5.74, 6) is -3.62. The lowest BCUT2D eigenvalue weighted by molar-refractivity contribution is -0.327. The average Bonchev–Trinajstić information content (AvgIpc) is 0.791. The third-order valence-corrected chi connectivity index (χ3v) is 13.2. The molecule has 111 heavy (non-hydrogen) atoms. The largest absolute Gasteiger partial charge is 0.402 e. The Morgan fingerprint density at radius 3 is 0.577 bits per heavy atom. The summed E-state index contributed by atoms with van der Waals surface area (Å²) in [6.45, 7) is 68.1. The summed E-state index contributed by atoms with van der Waals surface area (Å²) in [7, 11) is 0. The van der Waals surface area contributed by atoms with Crippen molar-refractivity contribution in [1.82, 2.24) is 0 Å². The molecule has 0 aliphatic carbocycles. The van der Waals surface area contributed by atoms with Crippen molar-refractivity contribution in [2.45, 2.75) is 447 Å². The summed E-state index contributed by atoms with van der Waals surface area (Å²) in [6, 6.07) is 0. The molecule has 0 aromatic carbocycles. The summed E-state index contributed by atoms with van der Waals surface area (Å²) in [5.41, 5.74) is -4.65. The standard InChI is InChI=1S/C6H8F6.2C6H11F3.3C6H14.C5H6F6.2C5H9F3.2C5H12.2C4H7F3.3C4H10/c1-2-3-4(5(7,8)9)6(10,11)12;1-5(2)3-4-6(7,8)9;1-2-3-4-5-6(7,8)9;1-5-6(2,3)4;1-5(2)6(3)4;1-4-5-6(2)3;1-3(2,4(6,7)8)5(9,10)11;1-4(2,3)5(6,7)8;1-3-4(2)5(6,7)8;1-4-5(2)3;1-3-5-4-2;2*1-3(2)4(5,6)7;2*1-4(2)3;1-3-4-2/h4H,2-3H2,1H3;5H,3-4H2,1-2H3;2-5H2,1H3;5H2,1-4H3;5-6H,1-4H3;6H,4-5H2,1-3H3;1-2H3;1-3H3;4H,3H2,1-2H3;5H,4H2,1-3H3;3-5H2,1-2H3;2*3H,1-2H3;2*4H,1-3H3;3-4H2,1-2H3/i;;;;;;;;;;;3D;;4D;;3D2. The van der Waals surface area contributed by atoms with E-state index in [1.807, 2.05) is 34.6 Å². The highest BCUT2D eigenvalue weighted by Crippen LogP contribution is 2.49. The Morgan fingerprint density at radius 1 is 0.297 bits per heavy atom. The molecule has 0 nitrogen and oxygen atoms in total. The second-order valence-electron chi connectivity index (χ2n) is 32.1. The van der Waals surface area contributed by atoms with Crippen molar-refractivity contribution >= 4 is 0 Å². The number of alkyl halides is 30.